The number of hydrogen-bond acceptors (Lipinski definition) is 5. The summed E-state index contributed by atoms with van der Waals surface area (Å²) < 4.78 is 5.38. The lowest BCUT2D eigenvalue weighted by molar-refractivity contribution is 0.0581. The van der Waals surface area contributed by atoms with E-state index in [9.17, 15) is 4.79 Å². The summed E-state index contributed by atoms with van der Waals surface area (Å²) in [4.78, 5) is 25.0. The number of imidazole rings is 1. The van der Waals surface area contributed by atoms with Crippen molar-refractivity contribution in [2.45, 2.75) is 33.3 Å². The minimum Gasteiger partial charge on any atom is -0.443 e. The van der Waals surface area contributed by atoms with Crippen LogP contribution in [0.1, 0.15) is 27.7 Å². The number of aromatic amines is 1. The third kappa shape index (κ3) is 2.81. The Bertz CT molecular complexity index is 629. The average molecular weight is 277 g/mol. The van der Waals surface area contributed by atoms with E-state index >= 15 is 0 Å². The highest BCUT2D eigenvalue weighted by atomic mass is 16.6. The lowest BCUT2D eigenvalue weighted by Crippen LogP contribution is -2.37. The Morgan fingerprint density at radius 2 is 2.20 bits per heavy atom. The van der Waals surface area contributed by atoms with Gasteiger partial charge in [0.05, 0.1) is 11.8 Å². The number of anilines is 2. The first-order valence-electron chi connectivity index (χ1n) is 6.42. The molecule has 2 aromatic heterocycles. The largest absolute Gasteiger partial charge is 0.443 e. The number of pyridine rings is 1. The van der Waals surface area contributed by atoms with E-state index in [0.29, 0.717) is 23.7 Å². The SMILES string of the molecule is CCN(C(=O)OC(C)(C)C)c1nc(N)cc2[nH]cnc12. The Morgan fingerprint density at radius 3 is 2.80 bits per heavy atom. The van der Waals surface area contributed by atoms with Gasteiger partial charge in [0.25, 0.3) is 0 Å². The molecule has 0 unspecified atom stereocenters. The molecule has 0 aliphatic carbocycles. The lowest BCUT2D eigenvalue weighted by atomic mass is 10.2. The van der Waals surface area contributed by atoms with Gasteiger partial charge in [-0.15, -0.1) is 0 Å². The summed E-state index contributed by atoms with van der Waals surface area (Å²) in [5.41, 5.74) is 6.51. The summed E-state index contributed by atoms with van der Waals surface area (Å²) >= 11 is 0. The van der Waals surface area contributed by atoms with Crippen LogP contribution in [0, 0.1) is 0 Å². The van der Waals surface area contributed by atoms with Gasteiger partial charge in [0.1, 0.15) is 16.9 Å². The second kappa shape index (κ2) is 4.99. The van der Waals surface area contributed by atoms with Crippen molar-refractivity contribution in [1.82, 2.24) is 15.0 Å². The fourth-order valence-corrected chi connectivity index (χ4v) is 1.82. The fraction of sp³-hybridized carbons (Fsp3) is 0.462. The molecule has 0 radical (unpaired) electrons. The molecule has 0 atom stereocenters. The van der Waals surface area contributed by atoms with Crippen molar-refractivity contribution >= 4 is 28.8 Å². The number of nitrogens with two attached hydrogens (primary N) is 1. The smallest absolute Gasteiger partial charge is 0.416 e. The number of hydrogen-bond donors (Lipinski definition) is 2. The first-order valence-corrected chi connectivity index (χ1v) is 6.42. The van der Waals surface area contributed by atoms with E-state index in [4.69, 9.17) is 10.5 Å². The molecular formula is C13H19N5O2. The summed E-state index contributed by atoms with van der Waals surface area (Å²) in [6, 6.07) is 1.68. The third-order valence-corrected chi connectivity index (χ3v) is 2.59. The van der Waals surface area contributed by atoms with Gasteiger partial charge in [-0.05, 0) is 27.7 Å². The van der Waals surface area contributed by atoms with Crippen LogP contribution in [0.4, 0.5) is 16.4 Å². The van der Waals surface area contributed by atoms with Gasteiger partial charge >= 0.3 is 6.09 Å². The first-order chi connectivity index (χ1) is 9.31. The van der Waals surface area contributed by atoms with Crippen LogP contribution in [0.25, 0.3) is 11.0 Å². The predicted octanol–water partition coefficient (Wildman–Crippen LogP) is 2.30. The molecule has 1 amide bonds. The molecule has 3 N–H and O–H groups in total. The topological polar surface area (TPSA) is 97.1 Å². The van der Waals surface area contributed by atoms with E-state index in [1.165, 1.54) is 11.2 Å². The number of rotatable bonds is 2. The van der Waals surface area contributed by atoms with Gasteiger partial charge in [0.15, 0.2) is 5.82 Å². The highest BCUT2D eigenvalue weighted by Crippen LogP contribution is 2.25. The molecule has 0 saturated carbocycles. The van der Waals surface area contributed by atoms with E-state index in [1.54, 1.807) is 6.07 Å². The minimum absolute atomic E-state index is 0.318. The number of aromatic nitrogens is 3. The molecule has 2 aromatic rings. The molecule has 20 heavy (non-hydrogen) atoms. The second-order valence-corrected chi connectivity index (χ2v) is 5.39. The summed E-state index contributed by atoms with van der Waals surface area (Å²) in [5, 5.41) is 0. The van der Waals surface area contributed by atoms with Gasteiger partial charge in [-0.1, -0.05) is 0 Å². The van der Waals surface area contributed by atoms with Crippen molar-refractivity contribution in [3.63, 3.8) is 0 Å². The molecule has 2 rings (SSSR count). The van der Waals surface area contributed by atoms with Crippen molar-refractivity contribution in [3.8, 4) is 0 Å². The monoisotopic (exact) mass is 277 g/mol. The first kappa shape index (κ1) is 14.1. The Hall–Kier alpha value is -2.31. The van der Waals surface area contributed by atoms with Crippen molar-refractivity contribution in [2.24, 2.45) is 0 Å². The standard InChI is InChI=1S/C13H19N5O2/c1-5-18(12(19)20-13(2,3)4)11-10-8(15-7-16-10)6-9(14)17-11/h6-7H,5H2,1-4H3,(H2,14,17)(H,15,16). The number of amides is 1. The molecular weight excluding hydrogens is 258 g/mol. The van der Waals surface area contributed by atoms with Crippen LogP contribution >= 0.6 is 0 Å². The molecule has 0 aromatic carbocycles. The van der Waals surface area contributed by atoms with Gasteiger partial charge in [-0.3, -0.25) is 4.90 Å². The molecule has 0 aliphatic rings. The maximum absolute atomic E-state index is 12.3. The van der Waals surface area contributed by atoms with Crippen LogP contribution in [0.15, 0.2) is 12.4 Å². The summed E-state index contributed by atoms with van der Waals surface area (Å²) in [6.45, 7) is 7.70. The summed E-state index contributed by atoms with van der Waals surface area (Å²) in [5.74, 6) is 0.719. The molecule has 7 heteroatoms. The number of nitrogens with zero attached hydrogens (tertiary/aromatic N) is 3. The van der Waals surface area contributed by atoms with E-state index in [-0.39, 0.29) is 0 Å². The van der Waals surface area contributed by atoms with Gasteiger partial charge < -0.3 is 15.5 Å². The van der Waals surface area contributed by atoms with Gasteiger partial charge in [-0.25, -0.2) is 14.8 Å². The number of H-pyrrole nitrogens is 1. The van der Waals surface area contributed by atoms with E-state index in [1.807, 2.05) is 27.7 Å². The van der Waals surface area contributed by atoms with Crippen LogP contribution in [-0.4, -0.2) is 33.2 Å². The highest BCUT2D eigenvalue weighted by Gasteiger charge is 2.25. The summed E-state index contributed by atoms with van der Waals surface area (Å²) in [6.07, 6.45) is 1.07. The Balaban J connectivity index is 2.44. The molecule has 2 heterocycles. The molecule has 0 fully saturated rings. The van der Waals surface area contributed by atoms with Crippen LogP contribution in [0.3, 0.4) is 0 Å². The zero-order chi connectivity index (χ0) is 14.9. The zero-order valence-corrected chi connectivity index (χ0v) is 12.1. The van der Waals surface area contributed by atoms with Gasteiger partial charge in [-0.2, -0.15) is 0 Å². The van der Waals surface area contributed by atoms with Crippen molar-refractivity contribution < 1.29 is 9.53 Å². The van der Waals surface area contributed by atoms with Crippen molar-refractivity contribution in [3.05, 3.63) is 12.4 Å². The maximum Gasteiger partial charge on any atom is 0.416 e. The van der Waals surface area contributed by atoms with E-state index in [2.05, 4.69) is 15.0 Å². The molecule has 0 spiro atoms. The van der Waals surface area contributed by atoms with E-state index < -0.39 is 11.7 Å². The zero-order valence-electron chi connectivity index (χ0n) is 12.1. The lowest BCUT2D eigenvalue weighted by Gasteiger charge is -2.26. The van der Waals surface area contributed by atoms with E-state index in [0.717, 1.165) is 5.52 Å². The number of carbonyl (C=O) groups excluding carboxylic acids is 1. The molecule has 0 saturated heterocycles. The van der Waals surface area contributed by atoms with Crippen molar-refractivity contribution in [1.29, 1.82) is 0 Å². The Morgan fingerprint density at radius 1 is 1.50 bits per heavy atom. The van der Waals surface area contributed by atoms with Gasteiger partial charge in [0, 0.05) is 12.6 Å². The third-order valence-electron chi connectivity index (χ3n) is 2.59. The molecule has 0 bridgehead atoms. The van der Waals surface area contributed by atoms with Crippen LogP contribution in [0.2, 0.25) is 0 Å². The Labute approximate surface area is 117 Å². The van der Waals surface area contributed by atoms with Gasteiger partial charge in [0.2, 0.25) is 0 Å². The summed E-state index contributed by atoms with van der Waals surface area (Å²) in [7, 11) is 0. The van der Waals surface area contributed by atoms with Crippen LogP contribution in [0.5, 0.6) is 0 Å². The number of ether oxygens (including phenoxy) is 1. The number of nitrogens with one attached hydrogen (secondary N) is 1. The van der Waals surface area contributed by atoms with Crippen LogP contribution < -0.4 is 10.6 Å². The molecule has 108 valence electrons. The quantitative estimate of drug-likeness (QED) is 0.877. The minimum atomic E-state index is -0.574. The Kier molecular flexibility index (Phi) is 3.52. The fourth-order valence-electron chi connectivity index (χ4n) is 1.82. The maximum atomic E-state index is 12.3. The highest BCUT2D eigenvalue weighted by molar-refractivity contribution is 5.97. The number of carbonyl (C=O) groups is 1. The second-order valence-electron chi connectivity index (χ2n) is 5.39. The predicted molar refractivity (Wildman–Crippen MR) is 77.6 cm³/mol. The average Bonchev–Trinajstić information content (AvgIpc) is 2.75. The number of fused-ring (bicyclic) bond motifs is 1. The molecule has 0 aliphatic heterocycles. The van der Waals surface area contributed by atoms with Crippen LogP contribution in [-0.2, 0) is 4.74 Å². The number of nitrogen functional groups attached to an aromatic ring is 1. The molecule has 7 nitrogen and oxygen atoms in total. The van der Waals surface area contributed by atoms with Crippen molar-refractivity contribution in [2.75, 3.05) is 17.2 Å². The normalized spacial score (nSPS) is 11.6.